The maximum Gasteiger partial charge on any atom is 0.308 e. The smallest absolute Gasteiger partial charge is 0.308 e. The maximum atomic E-state index is 13.7. The summed E-state index contributed by atoms with van der Waals surface area (Å²) in [6.07, 6.45) is 7.96. The molecule has 2 aliphatic rings. The summed E-state index contributed by atoms with van der Waals surface area (Å²) in [6, 6.07) is 3.30. The molecule has 11 nitrogen and oxygen atoms in total. The number of nitrogens with zero attached hydrogens (tertiary/aromatic N) is 4. The summed E-state index contributed by atoms with van der Waals surface area (Å²) in [5.41, 5.74) is 0.793. The summed E-state index contributed by atoms with van der Waals surface area (Å²) in [5, 5.41) is 10.5. The lowest BCUT2D eigenvalue weighted by molar-refractivity contribution is -0.143. The van der Waals surface area contributed by atoms with Gasteiger partial charge in [0.15, 0.2) is 17.4 Å². The minimum atomic E-state index is -0.898. The molecular weight excluding hydrogens is 528 g/mol. The predicted octanol–water partition coefficient (Wildman–Crippen LogP) is 3.48. The predicted molar refractivity (Wildman–Crippen MR) is 152 cm³/mol. The standard InChI is InChI=1S/C30H44N4O7/c1-5-6-13-33(14-8-7-12-32(2)3)27(35)19-34-18-22(21-16-24(38-4)29-25(17-21)40-20-41-29)28(30(36)37)23(34)9-10-26-31-11-15-39-26/h11,15-17,22-23,28H,5-10,12-14,18-20H2,1-4H3,(H,36,37)/t22-,23-,28+/m1/s1. The zero-order chi connectivity index (χ0) is 29.4. The van der Waals surface area contributed by atoms with E-state index < -0.39 is 11.9 Å². The molecule has 226 valence electrons. The van der Waals surface area contributed by atoms with Crippen LogP contribution in [0.25, 0.3) is 0 Å². The van der Waals surface area contributed by atoms with Gasteiger partial charge < -0.3 is 33.5 Å². The van der Waals surface area contributed by atoms with Gasteiger partial charge in [0.25, 0.3) is 0 Å². The number of ether oxygens (including phenoxy) is 3. The first-order valence-electron chi connectivity index (χ1n) is 14.6. The molecule has 2 aliphatic heterocycles. The number of unbranched alkanes of at least 4 members (excludes halogenated alkanes) is 2. The van der Waals surface area contributed by atoms with E-state index in [4.69, 9.17) is 18.6 Å². The molecule has 3 atom stereocenters. The van der Waals surface area contributed by atoms with Crippen LogP contribution in [0.3, 0.4) is 0 Å². The van der Waals surface area contributed by atoms with Gasteiger partial charge in [-0.2, -0.15) is 0 Å². The van der Waals surface area contributed by atoms with E-state index in [9.17, 15) is 14.7 Å². The quantitative estimate of drug-likeness (QED) is 0.300. The second-order valence-corrected chi connectivity index (χ2v) is 11.1. The molecule has 1 fully saturated rings. The number of fused-ring (bicyclic) bond motifs is 1. The van der Waals surface area contributed by atoms with Crippen LogP contribution in [0.1, 0.15) is 56.4 Å². The first kappa shape index (κ1) is 30.6. The number of carboxylic acid groups (broad SMARTS) is 1. The van der Waals surface area contributed by atoms with E-state index in [1.807, 2.05) is 21.9 Å². The minimum absolute atomic E-state index is 0.0393. The van der Waals surface area contributed by atoms with Crippen molar-refractivity contribution in [3.05, 3.63) is 36.0 Å². The number of aromatic nitrogens is 1. The molecule has 0 unspecified atom stereocenters. The number of carbonyl (C=O) groups is 2. The van der Waals surface area contributed by atoms with Crippen molar-refractivity contribution in [2.45, 2.75) is 57.4 Å². The van der Waals surface area contributed by atoms with Gasteiger partial charge in [0.1, 0.15) is 6.26 Å². The van der Waals surface area contributed by atoms with Crippen molar-refractivity contribution in [1.29, 1.82) is 0 Å². The van der Waals surface area contributed by atoms with Crippen molar-refractivity contribution in [3.63, 3.8) is 0 Å². The van der Waals surface area contributed by atoms with E-state index in [0.29, 0.717) is 55.6 Å². The van der Waals surface area contributed by atoms with Gasteiger partial charge in [0.2, 0.25) is 18.4 Å². The largest absolute Gasteiger partial charge is 0.493 e. The van der Waals surface area contributed by atoms with Crippen LogP contribution in [0.5, 0.6) is 17.2 Å². The lowest BCUT2D eigenvalue weighted by atomic mass is 9.83. The molecule has 1 N–H and O–H groups in total. The highest BCUT2D eigenvalue weighted by Crippen LogP contribution is 2.47. The summed E-state index contributed by atoms with van der Waals surface area (Å²) < 4.78 is 22.2. The molecule has 0 radical (unpaired) electrons. The summed E-state index contributed by atoms with van der Waals surface area (Å²) in [7, 11) is 5.66. The number of benzene rings is 1. The highest BCUT2D eigenvalue weighted by molar-refractivity contribution is 5.79. The molecule has 1 amide bonds. The number of hydrogen-bond donors (Lipinski definition) is 1. The third-order valence-corrected chi connectivity index (χ3v) is 8.04. The molecule has 41 heavy (non-hydrogen) atoms. The Morgan fingerprint density at radius 2 is 1.93 bits per heavy atom. The first-order valence-corrected chi connectivity index (χ1v) is 14.6. The van der Waals surface area contributed by atoms with E-state index >= 15 is 0 Å². The Balaban J connectivity index is 1.58. The molecule has 1 saturated heterocycles. The number of aliphatic carboxylic acids is 1. The SMILES string of the molecule is CCCCN(CCCCN(C)C)C(=O)CN1C[C@H](c2cc(OC)c3c(c2)OCO3)[C@H](C(=O)O)[C@H]1CCc1ncco1. The molecule has 0 aliphatic carbocycles. The molecule has 3 heterocycles. The third-order valence-electron chi connectivity index (χ3n) is 8.04. The van der Waals surface area contributed by atoms with Crippen LogP contribution in [0.15, 0.2) is 29.0 Å². The van der Waals surface area contributed by atoms with Gasteiger partial charge in [0, 0.05) is 38.0 Å². The molecule has 0 bridgehead atoms. The van der Waals surface area contributed by atoms with Crippen molar-refractivity contribution < 1.29 is 33.3 Å². The third kappa shape index (κ3) is 7.71. The Bertz CT molecular complexity index is 1140. The van der Waals surface area contributed by atoms with Gasteiger partial charge >= 0.3 is 5.97 Å². The fourth-order valence-corrected chi connectivity index (χ4v) is 5.92. The van der Waals surface area contributed by atoms with Gasteiger partial charge in [-0.1, -0.05) is 13.3 Å². The second-order valence-electron chi connectivity index (χ2n) is 11.1. The number of rotatable bonds is 16. The van der Waals surface area contributed by atoms with Gasteiger partial charge in [-0.3, -0.25) is 14.5 Å². The summed E-state index contributed by atoms with van der Waals surface area (Å²) in [4.78, 5) is 36.9. The summed E-state index contributed by atoms with van der Waals surface area (Å²) in [6.45, 7) is 5.18. The Morgan fingerprint density at radius 1 is 1.15 bits per heavy atom. The topological polar surface area (TPSA) is 118 Å². The average Bonchev–Trinajstić information content (AvgIpc) is 3.70. The molecular formula is C30H44N4O7. The first-order chi connectivity index (χ1) is 19.8. The number of aryl methyl sites for hydroxylation is 1. The van der Waals surface area contributed by atoms with Crippen LogP contribution in [-0.4, -0.2) is 103 Å². The fraction of sp³-hybridized carbons (Fsp3) is 0.633. The molecule has 4 rings (SSSR count). The highest BCUT2D eigenvalue weighted by Gasteiger charge is 2.47. The van der Waals surface area contributed by atoms with Crippen LogP contribution in [-0.2, 0) is 16.0 Å². The number of carboxylic acids is 1. The fourth-order valence-electron chi connectivity index (χ4n) is 5.92. The lowest BCUT2D eigenvalue weighted by Crippen LogP contribution is -2.45. The van der Waals surface area contributed by atoms with Crippen molar-refractivity contribution >= 4 is 11.9 Å². The maximum absolute atomic E-state index is 13.7. The Labute approximate surface area is 242 Å². The number of likely N-dealkylation sites (tertiary alicyclic amines) is 1. The summed E-state index contributed by atoms with van der Waals surface area (Å²) in [5.74, 6) is 0.150. The molecule has 0 saturated carbocycles. The zero-order valence-electron chi connectivity index (χ0n) is 24.7. The zero-order valence-corrected chi connectivity index (χ0v) is 24.7. The molecule has 0 spiro atoms. The summed E-state index contributed by atoms with van der Waals surface area (Å²) >= 11 is 0. The second kappa shape index (κ2) is 14.5. The lowest BCUT2D eigenvalue weighted by Gasteiger charge is -2.29. The van der Waals surface area contributed by atoms with E-state index in [1.165, 1.54) is 6.26 Å². The number of methoxy groups -OCH3 is 1. The Hall–Kier alpha value is -3.31. The normalized spacial score (nSPS) is 20.1. The van der Waals surface area contributed by atoms with Crippen LogP contribution in [0.4, 0.5) is 0 Å². The molecule has 1 aromatic carbocycles. The van der Waals surface area contributed by atoms with E-state index in [0.717, 1.165) is 37.8 Å². The van der Waals surface area contributed by atoms with Crippen molar-refractivity contribution in [2.75, 3.05) is 60.7 Å². The van der Waals surface area contributed by atoms with Gasteiger partial charge in [-0.15, -0.1) is 0 Å². The van der Waals surface area contributed by atoms with E-state index in [1.54, 1.807) is 13.3 Å². The van der Waals surface area contributed by atoms with Crippen molar-refractivity contribution in [1.82, 2.24) is 19.7 Å². The minimum Gasteiger partial charge on any atom is -0.493 e. The Kier molecular flexibility index (Phi) is 10.9. The van der Waals surface area contributed by atoms with Crippen LogP contribution in [0.2, 0.25) is 0 Å². The van der Waals surface area contributed by atoms with Gasteiger partial charge in [-0.25, -0.2) is 4.98 Å². The van der Waals surface area contributed by atoms with E-state index in [-0.39, 0.29) is 31.2 Å². The van der Waals surface area contributed by atoms with Crippen molar-refractivity contribution in [2.24, 2.45) is 5.92 Å². The van der Waals surface area contributed by atoms with Gasteiger partial charge in [0.05, 0.1) is 25.8 Å². The highest BCUT2D eigenvalue weighted by atomic mass is 16.7. The van der Waals surface area contributed by atoms with Crippen molar-refractivity contribution in [3.8, 4) is 17.2 Å². The van der Waals surface area contributed by atoms with Gasteiger partial charge in [-0.05, 0) is 64.0 Å². The van der Waals surface area contributed by atoms with Crippen LogP contribution in [0, 0.1) is 5.92 Å². The monoisotopic (exact) mass is 572 g/mol. The molecule has 1 aromatic heterocycles. The van der Waals surface area contributed by atoms with E-state index in [2.05, 4.69) is 30.9 Å². The van der Waals surface area contributed by atoms with Crippen LogP contribution >= 0.6 is 0 Å². The van der Waals surface area contributed by atoms with Crippen LogP contribution < -0.4 is 14.2 Å². The molecule has 11 heteroatoms. The Morgan fingerprint density at radius 3 is 2.61 bits per heavy atom. The number of hydrogen-bond acceptors (Lipinski definition) is 9. The molecule has 2 aromatic rings. The number of oxazole rings is 1. The average molecular weight is 573 g/mol. The number of carbonyl (C=O) groups excluding carboxylic acids is 1. The number of amides is 1.